The Kier molecular flexibility index (Phi) is 61.0. The Hall–Kier alpha value is -2.12. The lowest BCUT2D eigenvalue weighted by atomic mass is 9.99. The lowest BCUT2D eigenvalue weighted by Gasteiger charge is -2.41. The molecule has 8 atom stereocenters. The molecule has 0 aromatic heterocycles. The highest BCUT2D eigenvalue weighted by Gasteiger charge is 2.47. The van der Waals surface area contributed by atoms with E-state index in [1.165, 1.54) is 263 Å². The van der Waals surface area contributed by atoms with Crippen molar-refractivity contribution in [3.05, 3.63) is 36.5 Å². The molecule has 0 aromatic rings. The number of hydrogen-bond donors (Lipinski definition) is 6. The van der Waals surface area contributed by atoms with Crippen molar-refractivity contribution in [2.45, 2.75) is 423 Å². The van der Waals surface area contributed by atoms with Crippen molar-refractivity contribution in [3.8, 4) is 0 Å². The van der Waals surface area contributed by atoms with Crippen LogP contribution in [0.1, 0.15) is 374 Å². The summed E-state index contributed by atoms with van der Waals surface area (Å²) in [6.45, 7) is 5.84. The molecule has 0 radical (unpaired) electrons. The van der Waals surface area contributed by atoms with Crippen LogP contribution in [0, 0.1) is 0 Å². The third kappa shape index (κ3) is 51.1. The molecule has 1 amide bonds. The predicted octanol–water partition coefficient (Wildman–Crippen LogP) is 19.7. The standard InChI is InChI=1S/C76H143NO10/c1-4-7-10-13-16-19-22-25-27-29-31-32-33-34-35-36-37-38-39-41-43-46-49-52-55-58-61-64-71(81)87-74-73(83)72(82)70(65-78)86-76(74)85-66-67(68(79)62-59-56-53-50-47-44-24-21-18-15-12-9-6-3)77-75(84)69(80)63-60-57-54-51-48-45-42-40-30-28-26-23-20-17-14-11-8-5-2/h16,19,25,27,59,62,67-70,72-74,76,78-80,82-83H,4-15,17-18,20-24,26,28-58,60-61,63-66H2,1-3H3,(H,77,84)/b19-16-,27-25-,62-59+. The summed E-state index contributed by atoms with van der Waals surface area (Å²) in [7, 11) is 0. The molecule has 11 heteroatoms. The Morgan fingerprint density at radius 1 is 0.448 bits per heavy atom. The van der Waals surface area contributed by atoms with E-state index in [4.69, 9.17) is 14.2 Å². The van der Waals surface area contributed by atoms with E-state index in [9.17, 15) is 35.1 Å². The molecule has 1 saturated heterocycles. The second kappa shape index (κ2) is 64.0. The number of carbonyl (C=O) groups is 2. The molecule has 0 spiro atoms. The number of nitrogens with one attached hydrogen (secondary N) is 1. The SMILES string of the molecule is CCCCC/C=C\C/C=C\CCCCCCCCCCCCCCCCCCCC(=O)OC1C(OCC(NC(=O)C(O)CCCCCCCCCCCCCCCCCCCC)C(O)/C=C/CCCCCCCCCCCCC)OC(CO)C(O)C1O. The Bertz CT molecular complexity index is 1560. The molecule has 87 heavy (non-hydrogen) atoms. The molecule has 8 unspecified atom stereocenters. The quantitative estimate of drug-likeness (QED) is 0.0195. The number of amides is 1. The average molecular weight is 1230 g/mol. The monoisotopic (exact) mass is 1230 g/mol. The summed E-state index contributed by atoms with van der Waals surface area (Å²) < 4.78 is 17.7. The first-order chi connectivity index (χ1) is 42.7. The predicted molar refractivity (Wildman–Crippen MR) is 366 cm³/mol. The van der Waals surface area contributed by atoms with Crippen LogP contribution in [0.4, 0.5) is 0 Å². The highest BCUT2D eigenvalue weighted by molar-refractivity contribution is 5.80. The normalized spacial score (nSPS) is 18.4. The smallest absolute Gasteiger partial charge is 0.306 e. The zero-order chi connectivity index (χ0) is 63.1. The molecule has 0 aromatic carbocycles. The molecular formula is C76H143NO10. The van der Waals surface area contributed by atoms with Gasteiger partial charge in [-0.1, -0.05) is 346 Å². The van der Waals surface area contributed by atoms with Crippen LogP contribution in [-0.4, -0.2) is 99.6 Å². The minimum Gasteiger partial charge on any atom is -0.454 e. The van der Waals surface area contributed by atoms with Crippen molar-refractivity contribution >= 4 is 11.9 Å². The van der Waals surface area contributed by atoms with Gasteiger partial charge in [0, 0.05) is 6.42 Å². The van der Waals surface area contributed by atoms with Crippen molar-refractivity contribution < 1.29 is 49.3 Å². The van der Waals surface area contributed by atoms with E-state index >= 15 is 0 Å². The number of unbranched alkanes of at least 4 members (excludes halogenated alkanes) is 48. The molecule has 1 aliphatic heterocycles. The van der Waals surface area contributed by atoms with Gasteiger partial charge in [0.15, 0.2) is 12.4 Å². The second-order valence-corrected chi connectivity index (χ2v) is 26.4. The van der Waals surface area contributed by atoms with Gasteiger partial charge in [-0.25, -0.2) is 0 Å². The van der Waals surface area contributed by atoms with E-state index in [0.29, 0.717) is 19.3 Å². The summed E-state index contributed by atoms with van der Waals surface area (Å²) in [6, 6.07) is -1.02. The van der Waals surface area contributed by atoms with Gasteiger partial charge in [-0.3, -0.25) is 9.59 Å². The fourth-order valence-corrected chi connectivity index (χ4v) is 12.1. The Labute approximate surface area is 536 Å². The summed E-state index contributed by atoms with van der Waals surface area (Å²) in [5, 5.41) is 57.3. The van der Waals surface area contributed by atoms with Crippen LogP contribution >= 0.6 is 0 Å². The Morgan fingerprint density at radius 3 is 1.20 bits per heavy atom. The number of aliphatic hydroxyl groups is 5. The van der Waals surface area contributed by atoms with Crippen molar-refractivity contribution in [2.24, 2.45) is 0 Å². The number of aliphatic hydroxyl groups excluding tert-OH is 5. The zero-order valence-corrected chi connectivity index (χ0v) is 57.2. The van der Waals surface area contributed by atoms with Crippen LogP contribution < -0.4 is 5.32 Å². The van der Waals surface area contributed by atoms with Gasteiger partial charge in [0.2, 0.25) is 5.91 Å². The summed E-state index contributed by atoms with van der Waals surface area (Å²) in [5.74, 6) is -1.17. The van der Waals surface area contributed by atoms with Crippen molar-refractivity contribution in [1.29, 1.82) is 0 Å². The first kappa shape index (κ1) is 82.9. The van der Waals surface area contributed by atoms with E-state index in [0.717, 1.165) is 64.2 Å². The van der Waals surface area contributed by atoms with E-state index in [-0.39, 0.29) is 13.0 Å². The molecule has 11 nitrogen and oxygen atoms in total. The average Bonchev–Trinajstić information content (AvgIpc) is 2.51. The van der Waals surface area contributed by atoms with Crippen molar-refractivity contribution in [1.82, 2.24) is 5.32 Å². The molecule has 1 heterocycles. The molecule has 1 fully saturated rings. The maximum absolute atomic E-state index is 13.5. The molecule has 0 bridgehead atoms. The lowest BCUT2D eigenvalue weighted by Crippen LogP contribution is -2.61. The van der Waals surface area contributed by atoms with Gasteiger partial charge in [-0.05, 0) is 57.8 Å². The van der Waals surface area contributed by atoms with Gasteiger partial charge in [-0.15, -0.1) is 0 Å². The third-order valence-electron chi connectivity index (χ3n) is 18.0. The number of hydrogen-bond acceptors (Lipinski definition) is 10. The van der Waals surface area contributed by atoms with Gasteiger partial charge < -0.3 is 45.1 Å². The Morgan fingerprint density at radius 2 is 0.793 bits per heavy atom. The largest absolute Gasteiger partial charge is 0.454 e. The van der Waals surface area contributed by atoms with Gasteiger partial charge in [0.25, 0.3) is 0 Å². The summed E-state index contributed by atoms with van der Waals surface area (Å²) >= 11 is 0. The topological polar surface area (TPSA) is 175 Å². The van der Waals surface area contributed by atoms with E-state index in [1.807, 2.05) is 6.08 Å². The molecular weight excluding hydrogens is 1090 g/mol. The van der Waals surface area contributed by atoms with Crippen LogP contribution in [-0.2, 0) is 23.8 Å². The van der Waals surface area contributed by atoms with Gasteiger partial charge in [-0.2, -0.15) is 0 Å². The van der Waals surface area contributed by atoms with Crippen LogP contribution in [0.3, 0.4) is 0 Å². The van der Waals surface area contributed by atoms with Crippen molar-refractivity contribution in [2.75, 3.05) is 13.2 Å². The molecule has 6 N–H and O–H groups in total. The number of esters is 1. The summed E-state index contributed by atoms with van der Waals surface area (Å²) in [6.07, 6.45) is 69.1. The number of ether oxygens (including phenoxy) is 3. The molecule has 1 aliphatic rings. The van der Waals surface area contributed by atoms with E-state index in [2.05, 4.69) is 50.4 Å². The van der Waals surface area contributed by atoms with Crippen molar-refractivity contribution in [3.63, 3.8) is 0 Å². The number of carbonyl (C=O) groups excluding carboxylic acids is 2. The van der Waals surface area contributed by atoms with Gasteiger partial charge in [0.05, 0.1) is 25.4 Å². The fraction of sp³-hybridized carbons (Fsp3) is 0.895. The lowest BCUT2D eigenvalue weighted by molar-refractivity contribution is -0.305. The maximum Gasteiger partial charge on any atom is 0.306 e. The maximum atomic E-state index is 13.5. The minimum absolute atomic E-state index is 0.128. The Balaban J connectivity index is 2.52. The summed E-state index contributed by atoms with van der Waals surface area (Å²) in [5.41, 5.74) is 0. The molecule has 1 rings (SSSR count). The van der Waals surface area contributed by atoms with E-state index < -0.39 is 67.4 Å². The van der Waals surface area contributed by atoms with Crippen LogP contribution in [0.25, 0.3) is 0 Å². The molecule has 512 valence electrons. The highest BCUT2D eigenvalue weighted by Crippen LogP contribution is 2.27. The second-order valence-electron chi connectivity index (χ2n) is 26.4. The first-order valence-corrected chi connectivity index (χ1v) is 37.8. The fourth-order valence-electron chi connectivity index (χ4n) is 12.1. The number of rotatable bonds is 66. The third-order valence-corrected chi connectivity index (χ3v) is 18.0. The highest BCUT2D eigenvalue weighted by atomic mass is 16.7. The van der Waals surface area contributed by atoms with Crippen LogP contribution in [0.5, 0.6) is 0 Å². The summed E-state index contributed by atoms with van der Waals surface area (Å²) in [4.78, 5) is 26.7. The van der Waals surface area contributed by atoms with Gasteiger partial charge in [0.1, 0.15) is 24.4 Å². The minimum atomic E-state index is -1.61. The first-order valence-electron chi connectivity index (χ1n) is 37.8. The van der Waals surface area contributed by atoms with Crippen LogP contribution in [0.2, 0.25) is 0 Å². The van der Waals surface area contributed by atoms with E-state index in [1.54, 1.807) is 6.08 Å². The van der Waals surface area contributed by atoms with Gasteiger partial charge >= 0.3 is 5.97 Å². The van der Waals surface area contributed by atoms with Crippen LogP contribution in [0.15, 0.2) is 36.5 Å². The molecule has 0 aliphatic carbocycles. The zero-order valence-electron chi connectivity index (χ0n) is 57.2. The molecule has 0 saturated carbocycles. The number of allylic oxidation sites excluding steroid dienone is 5.